The number of benzene rings is 1. The van der Waals surface area contributed by atoms with Gasteiger partial charge in [0.1, 0.15) is 11.9 Å². The maximum atomic E-state index is 13.0. The Morgan fingerprint density at radius 3 is 2.88 bits per heavy atom. The van der Waals surface area contributed by atoms with Gasteiger partial charge in [-0.15, -0.1) is 12.3 Å². The van der Waals surface area contributed by atoms with Crippen molar-refractivity contribution < 1.29 is 9.18 Å². The van der Waals surface area contributed by atoms with Crippen molar-refractivity contribution in [3.63, 3.8) is 0 Å². The first-order valence-corrected chi connectivity index (χ1v) is 5.12. The monoisotopic (exact) mass is 228 g/mol. The van der Waals surface area contributed by atoms with E-state index in [-0.39, 0.29) is 23.8 Å². The van der Waals surface area contributed by atoms with Crippen molar-refractivity contribution in [2.24, 2.45) is 5.92 Å². The second-order valence-electron chi connectivity index (χ2n) is 3.85. The summed E-state index contributed by atoms with van der Waals surface area (Å²) in [5.41, 5.74) is 0.577. The Bertz CT molecular complexity index is 554. The van der Waals surface area contributed by atoms with E-state index >= 15 is 0 Å². The summed E-state index contributed by atoms with van der Waals surface area (Å²) in [5, 5.41) is 8.92. The molecule has 1 saturated heterocycles. The van der Waals surface area contributed by atoms with Crippen LogP contribution in [-0.4, -0.2) is 12.5 Å². The molecular weight excluding hydrogens is 219 g/mol. The zero-order valence-electron chi connectivity index (χ0n) is 8.98. The quantitative estimate of drug-likeness (QED) is 0.686. The normalized spacial score (nSPS) is 18.9. The summed E-state index contributed by atoms with van der Waals surface area (Å²) in [6.07, 6.45) is 5.55. The van der Waals surface area contributed by atoms with E-state index in [0.29, 0.717) is 12.2 Å². The minimum Gasteiger partial charge on any atom is -0.310 e. The molecule has 0 aliphatic carbocycles. The Hall–Kier alpha value is -2.33. The molecule has 4 heteroatoms. The summed E-state index contributed by atoms with van der Waals surface area (Å²) in [6.45, 7) is 0.385. The van der Waals surface area contributed by atoms with Crippen LogP contribution < -0.4 is 4.90 Å². The highest BCUT2D eigenvalue weighted by atomic mass is 19.1. The second kappa shape index (κ2) is 4.27. The van der Waals surface area contributed by atoms with Crippen LogP contribution in [0.2, 0.25) is 0 Å². The first-order chi connectivity index (χ1) is 8.15. The Morgan fingerprint density at radius 1 is 1.53 bits per heavy atom. The molecule has 1 heterocycles. The predicted octanol–water partition coefficient (Wildman–Crippen LogP) is 1.68. The first-order valence-electron chi connectivity index (χ1n) is 5.12. The Kier molecular flexibility index (Phi) is 2.80. The number of anilines is 1. The third-order valence-corrected chi connectivity index (χ3v) is 2.73. The molecule has 0 aromatic heterocycles. The maximum Gasteiger partial charge on any atom is 0.228 e. The van der Waals surface area contributed by atoms with Gasteiger partial charge in [-0.1, -0.05) is 0 Å². The number of halogens is 1. The molecule has 0 N–H and O–H groups in total. The van der Waals surface area contributed by atoms with Crippen molar-refractivity contribution in [2.75, 3.05) is 11.4 Å². The van der Waals surface area contributed by atoms with Crippen molar-refractivity contribution in [1.29, 1.82) is 5.26 Å². The van der Waals surface area contributed by atoms with E-state index < -0.39 is 5.82 Å². The lowest BCUT2D eigenvalue weighted by molar-refractivity contribution is -0.117. The molecule has 1 unspecified atom stereocenters. The average molecular weight is 228 g/mol. The summed E-state index contributed by atoms with van der Waals surface area (Å²) in [5.74, 6) is 1.76. The largest absolute Gasteiger partial charge is 0.310 e. The standard InChI is InChI=1S/C13H9FN2O/c1-2-9-5-13(17)16(8-9)12-4-3-11(14)6-10(12)7-15/h1,3-4,6,9H,5,8H2. The van der Waals surface area contributed by atoms with E-state index in [1.165, 1.54) is 17.0 Å². The van der Waals surface area contributed by atoms with E-state index in [0.717, 1.165) is 6.07 Å². The van der Waals surface area contributed by atoms with Crippen LogP contribution in [0.15, 0.2) is 18.2 Å². The zero-order chi connectivity index (χ0) is 12.4. The average Bonchev–Trinajstić information content (AvgIpc) is 2.70. The van der Waals surface area contributed by atoms with Crippen molar-refractivity contribution in [3.8, 4) is 18.4 Å². The van der Waals surface area contributed by atoms with Gasteiger partial charge >= 0.3 is 0 Å². The van der Waals surface area contributed by atoms with Gasteiger partial charge in [-0.3, -0.25) is 4.79 Å². The minimum absolute atomic E-state index is 0.129. The van der Waals surface area contributed by atoms with Crippen LogP contribution in [0.4, 0.5) is 10.1 Å². The molecule has 0 radical (unpaired) electrons. The highest BCUT2D eigenvalue weighted by molar-refractivity contribution is 5.97. The summed E-state index contributed by atoms with van der Waals surface area (Å²) < 4.78 is 13.0. The number of hydrogen-bond donors (Lipinski definition) is 0. The number of nitriles is 1. The van der Waals surface area contributed by atoms with Gasteiger partial charge in [0.2, 0.25) is 5.91 Å². The SMILES string of the molecule is C#CC1CC(=O)N(c2ccc(F)cc2C#N)C1. The molecule has 1 amide bonds. The molecule has 1 aromatic rings. The maximum absolute atomic E-state index is 13.0. The predicted molar refractivity (Wildman–Crippen MR) is 60.4 cm³/mol. The van der Waals surface area contributed by atoms with Crippen LogP contribution in [0.1, 0.15) is 12.0 Å². The lowest BCUT2D eigenvalue weighted by atomic mass is 10.1. The van der Waals surface area contributed by atoms with Gasteiger partial charge in [0.15, 0.2) is 0 Å². The number of hydrogen-bond acceptors (Lipinski definition) is 2. The van der Waals surface area contributed by atoms with Crippen LogP contribution in [0, 0.1) is 35.4 Å². The van der Waals surface area contributed by atoms with Crippen LogP contribution >= 0.6 is 0 Å². The van der Waals surface area contributed by atoms with E-state index in [4.69, 9.17) is 11.7 Å². The Balaban J connectivity index is 2.39. The Labute approximate surface area is 98.5 Å². The number of nitrogens with zero attached hydrogens (tertiary/aromatic N) is 2. The molecule has 0 spiro atoms. The highest BCUT2D eigenvalue weighted by Crippen LogP contribution is 2.27. The Morgan fingerprint density at radius 2 is 2.29 bits per heavy atom. The van der Waals surface area contributed by atoms with E-state index in [9.17, 15) is 9.18 Å². The third kappa shape index (κ3) is 1.98. The smallest absolute Gasteiger partial charge is 0.228 e. The van der Waals surface area contributed by atoms with Gasteiger partial charge in [0.25, 0.3) is 0 Å². The molecule has 1 aromatic carbocycles. The lowest BCUT2D eigenvalue weighted by Gasteiger charge is -2.17. The molecule has 1 fully saturated rings. The topological polar surface area (TPSA) is 44.1 Å². The molecular formula is C13H9FN2O. The fraction of sp³-hybridized carbons (Fsp3) is 0.231. The minimum atomic E-state index is -0.495. The van der Waals surface area contributed by atoms with Gasteiger partial charge in [-0.05, 0) is 18.2 Å². The first kappa shape index (κ1) is 11.2. The summed E-state index contributed by atoms with van der Waals surface area (Å²) in [7, 11) is 0. The van der Waals surface area contributed by atoms with E-state index in [1.54, 1.807) is 0 Å². The van der Waals surface area contributed by atoms with Gasteiger partial charge < -0.3 is 4.90 Å². The van der Waals surface area contributed by atoms with Crippen molar-refractivity contribution in [2.45, 2.75) is 6.42 Å². The van der Waals surface area contributed by atoms with Crippen LogP contribution in [-0.2, 0) is 4.79 Å². The number of amides is 1. The summed E-state index contributed by atoms with van der Waals surface area (Å²) in [6, 6.07) is 5.66. The van der Waals surface area contributed by atoms with Crippen molar-refractivity contribution >= 4 is 11.6 Å². The molecule has 2 rings (SSSR count). The van der Waals surface area contributed by atoms with Crippen LogP contribution in [0.3, 0.4) is 0 Å². The van der Waals surface area contributed by atoms with Crippen LogP contribution in [0.25, 0.3) is 0 Å². The molecule has 1 atom stereocenters. The molecule has 0 bridgehead atoms. The molecule has 0 saturated carbocycles. The van der Waals surface area contributed by atoms with E-state index in [1.807, 2.05) is 6.07 Å². The van der Waals surface area contributed by atoms with Gasteiger partial charge in [-0.25, -0.2) is 4.39 Å². The molecule has 17 heavy (non-hydrogen) atoms. The number of carbonyl (C=O) groups excluding carboxylic acids is 1. The number of carbonyl (C=O) groups is 1. The van der Waals surface area contributed by atoms with Crippen LogP contribution in [0.5, 0.6) is 0 Å². The molecule has 3 nitrogen and oxygen atoms in total. The number of terminal acetylenes is 1. The fourth-order valence-electron chi connectivity index (χ4n) is 1.89. The van der Waals surface area contributed by atoms with Gasteiger partial charge in [0, 0.05) is 18.9 Å². The van der Waals surface area contributed by atoms with Crippen molar-refractivity contribution in [3.05, 3.63) is 29.6 Å². The molecule has 1 aliphatic heterocycles. The number of rotatable bonds is 1. The fourth-order valence-corrected chi connectivity index (χ4v) is 1.89. The van der Waals surface area contributed by atoms with Gasteiger partial charge in [-0.2, -0.15) is 5.26 Å². The summed E-state index contributed by atoms with van der Waals surface area (Å²) >= 11 is 0. The lowest BCUT2D eigenvalue weighted by Crippen LogP contribution is -2.25. The third-order valence-electron chi connectivity index (χ3n) is 2.73. The van der Waals surface area contributed by atoms with E-state index in [2.05, 4.69) is 5.92 Å². The zero-order valence-corrected chi connectivity index (χ0v) is 8.98. The van der Waals surface area contributed by atoms with Gasteiger partial charge in [0.05, 0.1) is 11.3 Å². The van der Waals surface area contributed by atoms with Crippen molar-refractivity contribution in [1.82, 2.24) is 0 Å². The highest BCUT2D eigenvalue weighted by Gasteiger charge is 2.30. The summed E-state index contributed by atoms with van der Waals surface area (Å²) in [4.78, 5) is 13.2. The second-order valence-corrected chi connectivity index (χ2v) is 3.85. The molecule has 84 valence electrons. The molecule has 1 aliphatic rings.